The minimum absolute atomic E-state index is 0.466. The second-order valence-electron chi connectivity index (χ2n) is 3.84. The number of nitrogens with one attached hydrogen (secondary N) is 1. The third-order valence-electron chi connectivity index (χ3n) is 2.63. The van der Waals surface area contributed by atoms with Gasteiger partial charge in [-0.2, -0.15) is 0 Å². The second-order valence-corrected chi connectivity index (χ2v) is 3.84. The summed E-state index contributed by atoms with van der Waals surface area (Å²) in [6.07, 6.45) is 1.67. The zero-order valence-corrected chi connectivity index (χ0v) is 10.6. The molecule has 1 N–H and O–H groups in total. The summed E-state index contributed by atoms with van der Waals surface area (Å²) in [5, 5.41) is 3.06. The maximum Gasteiger partial charge on any atom is 0.161 e. The molecule has 4 nitrogen and oxygen atoms in total. The van der Waals surface area contributed by atoms with E-state index in [0.29, 0.717) is 13.2 Å². The van der Waals surface area contributed by atoms with Gasteiger partial charge in [0.25, 0.3) is 0 Å². The van der Waals surface area contributed by atoms with Crippen molar-refractivity contribution in [1.29, 1.82) is 0 Å². The van der Waals surface area contributed by atoms with Crippen LogP contribution in [-0.2, 0) is 13.2 Å². The predicted octanol–water partition coefficient (Wildman–Crippen LogP) is 2.59. The maximum absolute atomic E-state index is 5.75. The van der Waals surface area contributed by atoms with Crippen LogP contribution in [-0.4, -0.2) is 14.2 Å². The van der Waals surface area contributed by atoms with E-state index in [-0.39, 0.29) is 0 Å². The molecule has 0 spiro atoms. The molecular weight excluding hydrogens is 230 g/mol. The Morgan fingerprint density at radius 3 is 2.67 bits per heavy atom. The Bertz CT molecular complexity index is 493. The third kappa shape index (κ3) is 2.84. The first-order valence-corrected chi connectivity index (χ1v) is 5.81. The van der Waals surface area contributed by atoms with Crippen molar-refractivity contribution in [2.75, 3.05) is 14.2 Å². The smallest absolute Gasteiger partial charge is 0.161 e. The molecule has 0 radical (unpaired) electrons. The summed E-state index contributed by atoms with van der Waals surface area (Å²) in [5.74, 6) is 2.36. The van der Waals surface area contributed by atoms with Crippen molar-refractivity contribution >= 4 is 0 Å². The van der Waals surface area contributed by atoms with Crippen LogP contribution < -0.4 is 14.8 Å². The number of hydrogen-bond acceptors (Lipinski definition) is 4. The van der Waals surface area contributed by atoms with Crippen molar-refractivity contribution in [3.8, 4) is 11.5 Å². The standard InChI is InChI=1S/C14H17NO3/c1-15-9-14-11(7-8-17-14)10-18-13-6-4-3-5-12(13)16-2/h3-8,15H,9-10H2,1-2H3. The number of furan rings is 1. The van der Waals surface area contributed by atoms with Gasteiger partial charge in [-0.3, -0.25) is 0 Å². The van der Waals surface area contributed by atoms with Crippen molar-refractivity contribution < 1.29 is 13.9 Å². The van der Waals surface area contributed by atoms with E-state index in [4.69, 9.17) is 13.9 Å². The topological polar surface area (TPSA) is 43.6 Å². The number of methoxy groups -OCH3 is 1. The molecule has 0 aliphatic carbocycles. The zero-order chi connectivity index (χ0) is 12.8. The summed E-state index contributed by atoms with van der Waals surface area (Å²) in [5.41, 5.74) is 1.04. The van der Waals surface area contributed by atoms with Gasteiger partial charge in [0, 0.05) is 5.56 Å². The number of ether oxygens (including phenoxy) is 2. The molecule has 96 valence electrons. The summed E-state index contributed by atoms with van der Waals surface area (Å²) in [6, 6.07) is 9.51. The first-order valence-electron chi connectivity index (χ1n) is 5.81. The fourth-order valence-electron chi connectivity index (χ4n) is 1.70. The lowest BCUT2D eigenvalue weighted by Crippen LogP contribution is -2.07. The largest absolute Gasteiger partial charge is 0.493 e. The Morgan fingerprint density at radius 1 is 1.17 bits per heavy atom. The first-order chi connectivity index (χ1) is 8.85. The van der Waals surface area contributed by atoms with E-state index >= 15 is 0 Å². The summed E-state index contributed by atoms with van der Waals surface area (Å²) in [4.78, 5) is 0. The van der Waals surface area contributed by atoms with Crippen molar-refractivity contribution in [3.63, 3.8) is 0 Å². The van der Waals surface area contributed by atoms with E-state index < -0.39 is 0 Å². The summed E-state index contributed by atoms with van der Waals surface area (Å²) in [6.45, 7) is 1.16. The molecule has 0 bridgehead atoms. The van der Waals surface area contributed by atoms with Crippen molar-refractivity contribution in [3.05, 3.63) is 47.9 Å². The van der Waals surface area contributed by atoms with E-state index in [1.165, 1.54) is 0 Å². The monoisotopic (exact) mass is 247 g/mol. The zero-order valence-electron chi connectivity index (χ0n) is 10.6. The fraction of sp³-hybridized carbons (Fsp3) is 0.286. The van der Waals surface area contributed by atoms with Gasteiger partial charge >= 0.3 is 0 Å². The van der Waals surface area contributed by atoms with Gasteiger partial charge in [-0.05, 0) is 25.2 Å². The van der Waals surface area contributed by atoms with Crippen LogP contribution in [0.4, 0.5) is 0 Å². The molecule has 4 heteroatoms. The molecule has 1 heterocycles. The SMILES string of the molecule is CNCc1occc1COc1ccccc1OC. The van der Waals surface area contributed by atoms with E-state index in [0.717, 1.165) is 22.8 Å². The Balaban J connectivity index is 2.04. The van der Waals surface area contributed by atoms with Gasteiger partial charge in [0.05, 0.1) is 19.9 Å². The molecule has 0 saturated heterocycles. The summed E-state index contributed by atoms with van der Waals surface area (Å²) >= 11 is 0. The molecule has 0 atom stereocenters. The highest BCUT2D eigenvalue weighted by atomic mass is 16.5. The van der Waals surface area contributed by atoms with E-state index in [1.54, 1.807) is 13.4 Å². The number of para-hydroxylation sites is 2. The van der Waals surface area contributed by atoms with Crippen LogP contribution in [0.5, 0.6) is 11.5 Å². The maximum atomic E-state index is 5.75. The molecule has 0 aliphatic rings. The molecule has 0 saturated carbocycles. The Kier molecular flexibility index (Phi) is 4.25. The Labute approximate surface area is 107 Å². The van der Waals surface area contributed by atoms with Crippen molar-refractivity contribution in [1.82, 2.24) is 5.32 Å². The van der Waals surface area contributed by atoms with Crippen molar-refractivity contribution in [2.45, 2.75) is 13.2 Å². The van der Waals surface area contributed by atoms with Gasteiger partial charge in [0.2, 0.25) is 0 Å². The predicted molar refractivity (Wildman–Crippen MR) is 68.8 cm³/mol. The minimum atomic E-state index is 0.466. The highest BCUT2D eigenvalue weighted by molar-refractivity contribution is 5.39. The number of benzene rings is 1. The quantitative estimate of drug-likeness (QED) is 0.852. The van der Waals surface area contributed by atoms with Gasteiger partial charge in [0.1, 0.15) is 12.4 Å². The van der Waals surface area contributed by atoms with Crippen molar-refractivity contribution in [2.24, 2.45) is 0 Å². The van der Waals surface area contributed by atoms with Crippen LogP contribution in [0.25, 0.3) is 0 Å². The minimum Gasteiger partial charge on any atom is -0.493 e. The average molecular weight is 247 g/mol. The lowest BCUT2D eigenvalue weighted by molar-refractivity contribution is 0.281. The van der Waals surface area contributed by atoms with Crippen LogP contribution in [0.3, 0.4) is 0 Å². The average Bonchev–Trinajstić information content (AvgIpc) is 2.84. The van der Waals surface area contributed by atoms with E-state index in [2.05, 4.69) is 5.32 Å². The van der Waals surface area contributed by atoms with E-state index in [1.807, 2.05) is 37.4 Å². The fourth-order valence-corrected chi connectivity index (χ4v) is 1.70. The molecule has 2 rings (SSSR count). The van der Waals surface area contributed by atoms with Crippen LogP contribution in [0, 0.1) is 0 Å². The summed E-state index contributed by atoms with van der Waals surface area (Å²) in [7, 11) is 3.51. The third-order valence-corrected chi connectivity index (χ3v) is 2.63. The Hall–Kier alpha value is -1.94. The van der Waals surface area contributed by atoms with Gasteiger partial charge in [0.15, 0.2) is 11.5 Å². The van der Waals surface area contributed by atoms with Crippen LogP contribution in [0.15, 0.2) is 41.0 Å². The van der Waals surface area contributed by atoms with Crippen LogP contribution in [0.1, 0.15) is 11.3 Å². The molecule has 0 amide bonds. The summed E-state index contributed by atoms with van der Waals surface area (Å²) < 4.78 is 16.4. The molecule has 0 aliphatic heterocycles. The lowest BCUT2D eigenvalue weighted by Gasteiger charge is -2.10. The van der Waals surface area contributed by atoms with Gasteiger partial charge in [-0.15, -0.1) is 0 Å². The first kappa shape index (κ1) is 12.5. The highest BCUT2D eigenvalue weighted by Crippen LogP contribution is 2.27. The molecule has 1 aromatic carbocycles. The molecule has 18 heavy (non-hydrogen) atoms. The second kappa shape index (κ2) is 6.12. The molecule has 0 unspecified atom stereocenters. The highest BCUT2D eigenvalue weighted by Gasteiger charge is 2.08. The van der Waals surface area contributed by atoms with Gasteiger partial charge in [-0.25, -0.2) is 0 Å². The van der Waals surface area contributed by atoms with E-state index in [9.17, 15) is 0 Å². The number of hydrogen-bond donors (Lipinski definition) is 1. The molecular formula is C14H17NO3. The van der Waals surface area contributed by atoms with Gasteiger partial charge in [-0.1, -0.05) is 12.1 Å². The molecule has 2 aromatic rings. The molecule has 1 aromatic heterocycles. The van der Waals surface area contributed by atoms with Crippen LogP contribution in [0.2, 0.25) is 0 Å². The Morgan fingerprint density at radius 2 is 1.94 bits per heavy atom. The van der Waals surface area contributed by atoms with Gasteiger partial charge < -0.3 is 19.2 Å². The lowest BCUT2D eigenvalue weighted by atomic mass is 10.2. The normalized spacial score (nSPS) is 10.3. The number of rotatable bonds is 6. The molecule has 0 fully saturated rings. The van der Waals surface area contributed by atoms with Crippen LogP contribution >= 0.6 is 0 Å².